The number of aliphatic imine (C=N–C) groups is 1. The number of nitrogens with two attached hydrogens (primary N) is 1. The van der Waals surface area contributed by atoms with Gasteiger partial charge in [0.15, 0.2) is 0 Å². The first-order valence-corrected chi connectivity index (χ1v) is 3.63. The van der Waals surface area contributed by atoms with Crippen LogP contribution in [0.1, 0.15) is 6.92 Å². The van der Waals surface area contributed by atoms with E-state index in [1.807, 2.05) is 18.2 Å². The van der Waals surface area contributed by atoms with Crippen molar-refractivity contribution in [1.29, 1.82) is 0 Å². The summed E-state index contributed by atoms with van der Waals surface area (Å²) in [5, 5.41) is 0.623. The monoisotopic (exact) mass is 204 g/mol. The maximum atomic E-state index is 5.81. The Morgan fingerprint density at radius 2 is 2.00 bits per heavy atom. The molecule has 2 nitrogen and oxygen atoms in total. The predicted octanol–water partition coefficient (Wildman–Crippen LogP) is 2.77. The summed E-state index contributed by atoms with van der Waals surface area (Å²) >= 11 is 5.81. The van der Waals surface area contributed by atoms with Gasteiger partial charge >= 0.3 is 0 Å². The highest BCUT2D eigenvalue weighted by atomic mass is 35.5. The second-order valence-corrected chi connectivity index (χ2v) is 2.61. The van der Waals surface area contributed by atoms with Crippen molar-refractivity contribution in [2.24, 2.45) is 10.7 Å². The number of nitrogens with zero attached hydrogens (tertiary/aromatic N) is 1. The van der Waals surface area contributed by atoms with Crippen LogP contribution in [-0.2, 0) is 0 Å². The van der Waals surface area contributed by atoms with Gasteiger partial charge in [-0.2, -0.15) is 0 Å². The molecule has 12 heavy (non-hydrogen) atoms. The van der Waals surface area contributed by atoms with Gasteiger partial charge in [0, 0.05) is 0 Å². The molecule has 0 aliphatic carbocycles. The number of amidine groups is 1. The van der Waals surface area contributed by atoms with E-state index in [2.05, 4.69) is 4.99 Å². The van der Waals surface area contributed by atoms with E-state index in [1.54, 1.807) is 13.0 Å². The molecule has 0 atom stereocenters. The first kappa shape index (κ1) is 11.3. The zero-order valence-electron chi connectivity index (χ0n) is 6.62. The normalized spacial score (nSPS) is 10.7. The number of hydrogen-bond acceptors (Lipinski definition) is 1. The summed E-state index contributed by atoms with van der Waals surface area (Å²) in [5.41, 5.74) is 6.10. The Morgan fingerprint density at radius 1 is 1.42 bits per heavy atom. The van der Waals surface area contributed by atoms with Gasteiger partial charge < -0.3 is 5.73 Å². The molecule has 66 valence electrons. The Bertz CT molecular complexity index is 280. The van der Waals surface area contributed by atoms with Crippen molar-refractivity contribution in [2.75, 3.05) is 0 Å². The molecule has 0 saturated heterocycles. The molecule has 0 aromatic heterocycles. The minimum atomic E-state index is 0. The van der Waals surface area contributed by atoms with Crippen molar-refractivity contribution in [3.63, 3.8) is 0 Å². The summed E-state index contributed by atoms with van der Waals surface area (Å²) < 4.78 is 0. The van der Waals surface area contributed by atoms with Gasteiger partial charge in [0.05, 0.1) is 16.5 Å². The van der Waals surface area contributed by atoms with Gasteiger partial charge in [-0.05, 0) is 19.1 Å². The van der Waals surface area contributed by atoms with Crippen molar-refractivity contribution in [3.05, 3.63) is 29.3 Å². The fourth-order valence-corrected chi connectivity index (χ4v) is 0.910. The van der Waals surface area contributed by atoms with Crippen LogP contribution in [0.5, 0.6) is 0 Å². The van der Waals surface area contributed by atoms with Gasteiger partial charge in [0.1, 0.15) is 0 Å². The second-order valence-electron chi connectivity index (χ2n) is 2.20. The molecule has 0 aliphatic rings. The molecule has 1 aromatic carbocycles. The van der Waals surface area contributed by atoms with Crippen LogP contribution in [0.25, 0.3) is 0 Å². The predicted molar refractivity (Wildman–Crippen MR) is 55.7 cm³/mol. The van der Waals surface area contributed by atoms with E-state index >= 15 is 0 Å². The van der Waals surface area contributed by atoms with E-state index < -0.39 is 0 Å². The highest BCUT2D eigenvalue weighted by Crippen LogP contribution is 2.23. The quantitative estimate of drug-likeness (QED) is 0.555. The first-order valence-electron chi connectivity index (χ1n) is 3.25. The third-order valence-electron chi connectivity index (χ3n) is 1.15. The summed E-state index contributed by atoms with van der Waals surface area (Å²) in [6.45, 7) is 1.73. The molecule has 0 heterocycles. The minimum Gasteiger partial charge on any atom is -0.387 e. The second kappa shape index (κ2) is 5.01. The fourth-order valence-electron chi connectivity index (χ4n) is 0.732. The molecule has 1 aromatic rings. The molecule has 0 bridgehead atoms. The van der Waals surface area contributed by atoms with Crippen molar-refractivity contribution in [3.8, 4) is 0 Å². The molecule has 4 heteroatoms. The topological polar surface area (TPSA) is 38.4 Å². The molecule has 0 saturated carbocycles. The lowest BCUT2D eigenvalue weighted by Gasteiger charge is -1.96. The average Bonchev–Trinajstić information content (AvgIpc) is 1.93. The maximum Gasteiger partial charge on any atom is 0.0965 e. The Balaban J connectivity index is 0.00000121. The summed E-state index contributed by atoms with van der Waals surface area (Å²) in [6, 6.07) is 7.32. The fraction of sp³-hybridized carbons (Fsp3) is 0.125. The minimum absolute atomic E-state index is 0. The zero-order chi connectivity index (χ0) is 8.27. The van der Waals surface area contributed by atoms with E-state index in [0.717, 1.165) is 0 Å². The smallest absolute Gasteiger partial charge is 0.0965 e. The molecular weight excluding hydrogens is 195 g/mol. The Morgan fingerprint density at radius 3 is 2.50 bits per heavy atom. The standard InChI is InChI=1S/C8H9ClN2.ClH/c1-6(10)11-8-5-3-2-4-7(8)9;/h2-5H,1H3,(H2,10,11);1H. The van der Waals surface area contributed by atoms with Gasteiger partial charge in [-0.1, -0.05) is 23.7 Å². The summed E-state index contributed by atoms with van der Waals surface area (Å²) in [5.74, 6) is 0.512. The SMILES string of the molecule is CC(N)=Nc1ccccc1Cl.Cl. The highest BCUT2D eigenvalue weighted by Gasteiger charge is 1.94. The van der Waals surface area contributed by atoms with Crippen LogP contribution in [-0.4, -0.2) is 5.84 Å². The van der Waals surface area contributed by atoms with Crippen LogP contribution in [0.4, 0.5) is 5.69 Å². The lowest BCUT2D eigenvalue weighted by Crippen LogP contribution is -2.03. The number of benzene rings is 1. The van der Waals surface area contributed by atoms with Crippen molar-refractivity contribution >= 4 is 35.5 Å². The van der Waals surface area contributed by atoms with E-state index in [4.69, 9.17) is 17.3 Å². The number of hydrogen-bond donors (Lipinski definition) is 1. The van der Waals surface area contributed by atoms with Crippen molar-refractivity contribution < 1.29 is 0 Å². The molecule has 0 spiro atoms. The number of para-hydroxylation sites is 1. The van der Waals surface area contributed by atoms with Crippen LogP contribution < -0.4 is 5.73 Å². The lowest BCUT2D eigenvalue weighted by molar-refractivity contribution is 1.45. The van der Waals surface area contributed by atoms with Gasteiger partial charge in [-0.3, -0.25) is 0 Å². The van der Waals surface area contributed by atoms with Gasteiger partial charge in [0.25, 0.3) is 0 Å². The van der Waals surface area contributed by atoms with Gasteiger partial charge in [0.2, 0.25) is 0 Å². The average molecular weight is 205 g/mol. The molecule has 2 N–H and O–H groups in total. The largest absolute Gasteiger partial charge is 0.387 e. The Hall–Kier alpha value is -0.730. The van der Waals surface area contributed by atoms with Crippen molar-refractivity contribution in [2.45, 2.75) is 6.92 Å². The summed E-state index contributed by atoms with van der Waals surface area (Å²) in [7, 11) is 0. The molecule has 1 rings (SSSR count). The maximum absolute atomic E-state index is 5.81. The van der Waals surface area contributed by atoms with E-state index in [-0.39, 0.29) is 12.4 Å². The third-order valence-corrected chi connectivity index (χ3v) is 1.47. The number of halogens is 2. The zero-order valence-corrected chi connectivity index (χ0v) is 8.19. The van der Waals surface area contributed by atoms with Crippen LogP contribution in [0, 0.1) is 0 Å². The molecule has 0 radical (unpaired) electrons. The van der Waals surface area contributed by atoms with E-state index in [9.17, 15) is 0 Å². The molecule has 0 unspecified atom stereocenters. The van der Waals surface area contributed by atoms with Gasteiger partial charge in [-0.25, -0.2) is 4.99 Å². The van der Waals surface area contributed by atoms with Gasteiger partial charge in [-0.15, -0.1) is 12.4 Å². The summed E-state index contributed by atoms with van der Waals surface area (Å²) in [4.78, 5) is 4.02. The number of rotatable bonds is 1. The van der Waals surface area contributed by atoms with Crippen LogP contribution in [0.15, 0.2) is 29.3 Å². The Labute approximate surface area is 82.9 Å². The third kappa shape index (κ3) is 3.11. The van der Waals surface area contributed by atoms with Crippen LogP contribution in [0.3, 0.4) is 0 Å². The highest BCUT2D eigenvalue weighted by molar-refractivity contribution is 6.33. The summed E-state index contributed by atoms with van der Waals surface area (Å²) in [6.07, 6.45) is 0. The molecule has 0 amide bonds. The first-order chi connectivity index (χ1) is 5.20. The van der Waals surface area contributed by atoms with E-state index in [1.165, 1.54) is 0 Å². The van der Waals surface area contributed by atoms with E-state index in [0.29, 0.717) is 16.5 Å². The molecule has 0 fully saturated rings. The molecule has 0 aliphatic heterocycles. The van der Waals surface area contributed by atoms with Crippen molar-refractivity contribution in [1.82, 2.24) is 0 Å². The lowest BCUT2D eigenvalue weighted by atomic mass is 10.3. The Kier molecular flexibility index (Phi) is 4.71. The van der Waals surface area contributed by atoms with Crippen LogP contribution >= 0.6 is 24.0 Å². The van der Waals surface area contributed by atoms with Crippen LogP contribution in [0.2, 0.25) is 5.02 Å². The molecular formula is C8H10Cl2N2.